The first-order valence-electron chi connectivity index (χ1n) is 11.9. The molecular formula is C29H32N4O4. The van der Waals surface area contributed by atoms with Crippen LogP contribution in [0.2, 0.25) is 0 Å². The Hall–Kier alpha value is -4.27. The maximum atomic E-state index is 11.4. The van der Waals surface area contributed by atoms with E-state index in [4.69, 9.17) is 4.74 Å². The minimum Gasteiger partial charge on any atom is -0.497 e. The first kappa shape index (κ1) is 27.3. The Morgan fingerprint density at radius 1 is 1.00 bits per heavy atom. The number of methoxy groups -OCH3 is 1. The van der Waals surface area contributed by atoms with Gasteiger partial charge in [-0.15, -0.1) is 0 Å². The van der Waals surface area contributed by atoms with E-state index in [0.717, 1.165) is 23.3 Å². The molecule has 0 bridgehead atoms. The van der Waals surface area contributed by atoms with Crippen molar-refractivity contribution in [2.45, 2.75) is 12.5 Å². The van der Waals surface area contributed by atoms with E-state index in [9.17, 15) is 15.0 Å². The number of likely N-dealkylation sites (N-methyl/N-ethyl adjacent to an activating group) is 1. The molecule has 0 radical (unpaired) electrons. The molecule has 8 heteroatoms. The largest absolute Gasteiger partial charge is 0.497 e. The molecule has 0 aliphatic heterocycles. The Morgan fingerprint density at radius 3 is 2.35 bits per heavy atom. The topological polar surface area (TPSA) is 117 Å². The fourth-order valence-electron chi connectivity index (χ4n) is 3.56. The van der Waals surface area contributed by atoms with Crippen molar-refractivity contribution in [1.29, 1.82) is 0 Å². The summed E-state index contributed by atoms with van der Waals surface area (Å²) in [5.74, 6) is 0.159. The summed E-state index contributed by atoms with van der Waals surface area (Å²) in [5, 5.41) is 25.0. The number of anilines is 1. The number of hydrogen-bond donors (Lipinski definition) is 4. The van der Waals surface area contributed by atoms with Gasteiger partial charge < -0.3 is 25.6 Å². The maximum absolute atomic E-state index is 11.4. The summed E-state index contributed by atoms with van der Waals surface area (Å²) in [6.45, 7) is 1.22. The zero-order valence-electron chi connectivity index (χ0n) is 21.0. The number of ether oxygens (including phenoxy) is 1. The van der Waals surface area contributed by atoms with Crippen molar-refractivity contribution >= 4 is 11.9 Å². The van der Waals surface area contributed by atoms with E-state index in [2.05, 4.69) is 32.7 Å². The standard InChI is InChI=1S/C19H17N3O2.C10H15NO2/c23-18(24)16-13-21-19(20-12-11-14-7-3-1-4-8-14)22-17(16)15-9-5-2-6-10-15;1-11-7-10(12)8-4-3-5-9(6-8)13-2/h1-10,13H,11-12H2,(H,23,24)(H,20,21,22);3-6,10-12H,7H2,1-2H3. The number of carbonyl (C=O) groups is 1. The molecule has 0 saturated heterocycles. The van der Waals surface area contributed by atoms with Crippen LogP contribution < -0.4 is 15.4 Å². The van der Waals surface area contributed by atoms with Gasteiger partial charge in [-0.25, -0.2) is 14.8 Å². The van der Waals surface area contributed by atoms with Gasteiger partial charge in [-0.2, -0.15) is 0 Å². The highest BCUT2D eigenvalue weighted by molar-refractivity contribution is 5.94. The number of aromatic carboxylic acids is 1. The summed E-state index contributed by atoms with van der Waals surface area (Å²) in [4.78, 5) is 19.9. The summed E-state index contributed by atoms with van der Waals surface area (Å²) < 4.78 is 5.05. The fraction of sp³-hybridized carbons (Fsp3) is 0.207. The molecule has 1 aromatic heterocycles. The Balaban J connectivity index is 0.000000248. The van der Waals surface area contributed by atoms with Gasteiger partial charge in [0.25, 0.3) is 0 Å². The van der Waals surface area contributed by atoms with E-state index in [1.807, 2.05) is 79.8 Å². The van der Waals surface area contributed by atoms with Crippen LogP contribution in [0.4, 0.5) is 5.95 Å². The molecule has 0 spiro atoms. The van der Waals surface area contributed by atoms with Crippen LogP contribution in [0.25, 0.3) is 11.3 Å². The van der Waals surface area contributed by atoms with Gasteiger partial charge in [-0.3, -0.25) is 0 Å². The Labute approximate surface area is 217 Å². The Kier molecular flexibility index (Phi) is 10.6. The molecule has 192 valence electrons. The molecule has 0 amide bonds. The second kappa shape index (κ2) is 14.3. The average molecular weight is 501 g/mol. The van der Waals surface area contributed by atoms with E-state index in [1.54, 1.807) is 7.11 Å². The summed E-state index contributed by atoms with van der Waals surface area (Å²) in [6.07, 6.45) is 1.72. The molecule has 1 unspecified atom stereocenters. The minimum atomic E-state index is -1.04. The molecule has 4 N–H and O–H groups in total. The number of rotatable bonds is 10. The van der Waals surface area contributed by atoms with E-state index in [-0.39, 0.29) is 5.56 Å². The molecule has 0 aliphatic carbocycles. The summed E-state index contributed by atoms with van der Waals surface area (Å²) in [5.41, 5.74) is 3.35. The smallest absolute Gasteiger partial charge is 0.339 e. The fourth-order valence-corrected chi connectivity index (χ4v) is 3.56. The molecule has 4 rings (SSSR count). The van der Waals surface area contributed by atoms with Crippen molar-refractivity contribution in [3.63, 3.8) is 0 Å². The van der Waals surface area contributed by atoms with Gasteiger partial charge in [0.2, 0.25) is 5.95 Å². The first-order chi connectivity index (χ1) is 18.0. The number of aliphatic hydroxyl groups excluding tert-OH is 1. The molecule has 0 fully saturated rings. The number of aromatic nitrogens is 2. The SMILES string of the molecule is CNCC(O)c1cccc(OC)c1.O=C(O)c1cnc(NCCc2ccccc2)nc1-c1ccccc1. The number of aliphatic hydroxyl groups is 1. The molecule has 3 aromatic carbocycles. The van der Waals surface area contributed by atoms with E-state index in [0.29, 0.717) is 24.7 Å². The third-order valence-corrected chi connectivity index (χ3v) is 5.48. The lowest BCUT2D eigenvalue weighted by atomic mass is 10.1. The molecule has 1 atom stereocenters. The van der Waals surface area contributed by atoms with Crippen LogP contribution in [0.15, 0.2) is 91.1 Å². The predicted octanol–water partition coefficient (Wildman–Crippen LogP) is 4.44. The van der Waals surface area contributed by atoms with E-state index < -0.39 is 12.1 Å². The number of carboxylic acids is 1. The van der Waals surface area contributed by atoms with Gasteiger partial charge in [-0.1, -0.05) is 72.8 Å². The number of benzene rings is 3. The normalized spacial score (nSPS) is 11.1. The van der Waals surface area contributed by atoms with Crippen LogP contribution >= 0.6 is 0 Å². The molecule has 0 saturated carbocycles. The number of hydrogen-bond acceptors (Lipinski definition) is 7. The number of nitrogens with one attached hydrogen (secondary N) is 2. The molecule has 0 aliphatic rings. The zero-order valence-corrected chi connectivity index (χ0v) is 21.0. The lowest BCUT2D eigenvalue weighted by Gasteiger charge is -2.10. The first-order valence-corrected chi connectivity index (χ1v) is 11.9. The van der Waals surface area contributed by atoms with E-state index in [1.165, 1.54) is 11.8 Å². The van der Waals surface area contributed by atoms with E-state index >= 15 is 0 Å². The molecule has 37 heavy (non-hydrogen) atoms. The van der Waals surface area contributed by atoms with Crippen molar-refractivity contribution < 1.29 is 19.7 Å². The van der Waals surface area contributed by atoms with Crippen molar-refractivity contribution in [2.75, 3.05) is 32.6 Å². The maximum Gasteiger partial charge on any atom is 0.339 e. The average Bonchev–Trinajstić information content (AvgIpc) is 2.94. The van der Waals surface area contributed by atoms with Crippen molar-refractivity contribution in [3.05, 3.63) is 108 Å². The van der Waals surface area contributed by atoms with Crippen LogP contribution in [-0.2, 0) is 6.42 Å². The van der Waals surface area contributed by atoms with Gasteiger partial charge in [0.1, 0.15) is 11.3 Å². The summed E-state index contributed by atoms with van der Waals surface area (Å²) >= 11 is 0. The predicted molar refractivity (Wildman–Crippen MR) is 145 cm³/mol. The highest BCUT2D eigenvalue weighted by Crippen LogP contribution is 2.22. The van der Waals surface area contributed by atoms with Gasteiger partial charge in [-0.05, 0) is 36.7 Å². The lowest BCUT2D eigenvalue weighted by molar-refractivity contribution is 0.0697. The second-order valence-electron chi connectivity index (χ2n) is 8.14. The molecule has 1 heterocycles. The van der Waals surface area contributed by atoms with Crippen LogP contribution in [0, 0.1) is 0 Å². The van der Waals surface area contributed by atoms with Gasteiger partial charge in [0.05, 0.1) is 18.9 Å². The summed E-state index contributed by atoms with van der Waals surface area (Å²) in [6, 6.07) is 26.8. The number of carboxylic acid groups (broad SMARTS) is 1. The lowest BCUT2D eigenvalue weighted by Crippen LogP contribution is -2.16. The van der Waals surface area contributed by atoms with Crippen LogP contribution in [0.1, 0.15) is 27.6 Å². The highest BCUT2D eigenvalue weighted by atomic mass is 16.5. The van der Waals surface area contributed by atoms with Gasteiger partial charge in [0, 0.05) is 24.8 Å². The third-order valence-electron chi connectivity index (χ3n) is 5.48. The number of nitrogens with zero attached hydrogens (tertiary/aromatic N) is 2. The molecule has 4 aromatic rings. The summed E-state index contributed by atoms with van der Waals surface area (Å²) in [7, 11) is 3.42. The third kappa shape index (κ3) is 8.42. The van der Waals surface area contributed by atoms with Gasteiger partial charge >= 0.3 is 5.97 Å². The zero-order chi connectivity index (χ0) is 26.5. The van der Waals surface area contributed by atoms with Crippen molar-refractivity contribution in [2.24, 2.45) is 0 Å². The van der Waals surface area contributed by atoms with Crippen LogP contribution in [-0.4, -0.2) is 53.4 Å². The van der Waals surface area contributed by atoms with Gasteiger partial charge in [0.15, 0.2) is 0 Å². The second-order valence-corrected chi connectivity index (χ2v) is 8.14. The Bertz CT molecular complexity index is 1250. The highest BCUT2D eigenvalue weighted by Gasteiger charge is 2.15. The van der Waals surface area contributed by atoms with Crippen LogP contribution in [0.3, 0.4) is 0 Å². The van der Waals surface area contributed by atoms with Crippen molar-refractivity contribution in [3.8, 4) is 17.0 Å². The minimum absolute atomic E-state index is 0.0924. The molecular weight excluding hydrogens is 468 g/mol. The van der Waals surface area contributed by atoms with Crippen LogP contribution in [0.5, 0.6) is 5.75 Å². The monoisotopic (exact) mass is 500 g/mol. The van der Waals surface area contributed by atoms with Crippen molar-refractivity contribution in [1.82, 2.24) is 15.3 Å². The molecule has 8 nitrogen and oxygen atoms in total. The quantitative estimate of drug-likeness (QED) is 0.252. The Morgan fingerprint density at radius 2 is 1.70 bits per heavy atom.